The fourth-order valence-corrected chi connectivity index (χ4v) is 2.47. The summed E-state index contributed by atoms with van der Waals surface area (Å²) in [6.07, 6.45) is 1.43. The van der Waals surface area contributed by atoms with Crippen LogP contribution < -0.4 is 15.4 Å². The molecule has 0 fully saturated rings. The SMILES string of the molecule is Cc1ccc(C)c(NC(=O)COc2cccc(NC(=O)c3ccco3)c2)c1. The van der Waals surface area contributed by atoms with Crippen LogP contribution in [-0.4, -0.2) is 18.4 Å². The zero-order valence-electron chi connectivity index (χ0n) is 15.1. The molecule has 0 aliphatic heterocycles. The van der Waals surface area contributed by atoms with Gasteiger partial charge in [-0.15, -0.1) is 0 Å². The molecule has 1 aromatic heterocycles. The van der Waals surface area contributed by atoms with Gasteiger partial charge >= 0.3 is 0 Å². The molecule has 6 nitrogen and oxygen atoms in total. The first-order chi connectivity index (χ1) is 13.0. The van der Waals surface area contributed by atoms with Crippen LogP contribution in [0.5, 0.6) is 5.75 Å². The Bertz CT molecular complexity index is 949. The molecule has 0 spiro atoms. The summed E-state index contributed by atoms with van der Waals surface area (Å²) in [6.45, 7) is 3.76. The van der Waals surface area contributed by atoms with Crippen molar-refractivity contribution in [3.63, 3.8) is 0 Å². The molecule has 1 heterocycles. The topological polar surface area (TPSA) is 80.6 Å². The molecule has 138 valence electrons. The van der Waals surface area contributed by atoms with Crippen molar-refractivity contribution in [1.29, 1.82) is 0 Å². The van der Waals surface area contributed by atoms with E-state index in [-0.39, 0.29) is 24.2 Å². The van der Waals surface area contributed by atoms with Gasteiger partial charge in [-0.3, -0.25) is 9.59 Å². The molecule has 0 aliphatic rings. The fraction of sp³-hybridized carbons (Fsp3) is 0.143. The van der Waals surface area contributed by atoms with Gasteiger partial charge in [0.25, 0.3) is 11.8 Å². The Hall–Kier alpha value is -3.54. The average Bonchev–Trinajstić information content (AvgIpc) is 3.18. The molecule has 0 radical (unpaired) electrons. The summed E-state index contributed by atoms with van der Waals surface area (Å²) < 4.78 is 10.6. The highest BCUT2D eigenvalue weighted by atomic mass is 16.5. The van der Waals surface area contributed by atoms with Gasteiger partial charge in [-0.05, 0) is 55.3 Å². The Kier molecular flexibility index (Phi) is 5.56. The van der Waals surface area contributed by atoms with Gasteiger partial charge in [0.05, 0.1) is 6.26 Å². The molecule has 2 amide bonds. The van der Waals surface area contributed by atoms with E-state index in [1.165, 1.54) is 6.26 Å². The first kappa shape index (κ1) is 18.3. The highest BCUT2D eigenvalue weighted by Gasteiger charge is 2.10. The summed E-state index contributed by atoms with van der Waals surface area (Å²) in [5, 5.41) is 5.55. The molecule has 27 heavy (non-hydrogen) atoms. The van der Waals surface area contributed by atoms with E-state index in [0.29, 0.717) is 11.4 Å². The van der Waals surface area contributed by atoms with Crippen LogP contribution in [0.1, 0.15) is 21.7 Å². The number of furan rings is 1. The molecule has 3 rings (SSSR count). The monoisotopic (exact) mass is 364 g/mol. The summed E-state index contributed by atoms with van der Waals surface area (Å²) in [5.74, 6) is 0.0797. The smallest absolute Gasteiger partial charge is 0.291 e. The average molecular weight is 364 g/mol. The summed E-state index contributed by atoms with van der Waals surface area (Å²) in [7, 11) is 0. The van der Waals surface area contributed by atoms with E-state index in [4.69, 9.17) is 9.15 Å². The normalized spacial score (nSPS) is 10.3. The van der Waals surface area contributed by atoms with E-state index in [1.807, 2.05) is 32.0 Å². The highest BCUT2D eigenvalue weighted by Crippen LogP contribution is 2.19. The van der Waals surface area contributed by atoms with E-state index in [9.17, 15) is 9.59 Å². The number of hydrogen-bond acceptors (Lipinski definition) is 4. The maximum Gasteiger partial charge on any atom is 0.291 e. The third-order valence-corrected chi connectivity index (χ3v) is 3.87. The van der Waals surface area contributed by atoms with Crippen LogP contribution in [0.2, 0.25) is 0 Å². The predicted molar refractivity (Wildman–Crippen MR) is 103 cm³/mol. The first-order valence-electron chi connectivity index (χ1n) is 8.46. The van der Waals surface area contributed by atoms with Gasteiger partial charge in [-0.2, -0.15) is 0 Å². The number of rotatable bonds is 6. The molecule has 0 saturated carbocycles. The maximum atomic E-state index is 12.1. The number of ether oxygens (including phenoxy) is 1. The molecular formula is C21H20N2O4. The second kappa shape index (κ2) is 8.23. The Morgan fingerprint density at radius 2 is 1.85 bits per heavy atom. The molecule has 0 aliphatic carbocycles. The predicted octanol–water partition coefficient (Wildman–Crippen LogP) is 4.17. The van der Waals surface area contributed by atoms with Crippen LogP contribution in [-0.2, 0) is 4.79 Å². The minimum atomic E-state index is -0.357. The highest BCUT2D eigenvalue weighted by molar-refractivity contribution is 6.02. The van der Waals surface area contributed by atoms with E-state index in [2.05, 4.69) is 10.6 Å². The number of nitrogens with one attached hydrogen (secondary N) is 2. The van der Waals surface area contributed by atoms with E-state index in [1.54, 1.807) is 36.4 Å². The van der Waals surface area contributed by atoms with Gasteiger partial charge in [0.1, 0.15) is 5.75 Å². The van der Waals surface area contributed by atoms with Crippen LogP contribution in [0.15, 0.2) is 65.3 Å². The van der Waals surface area contributed by atoms with Crippen LogP contribution in [0, 0.1) is 13.8 Å². The van der Waals surface area contributed by atoms with Crippen molar-refractivity contribution < 1.29 is 18.7 Å². The Labute approximate surface area is 157 Å². The van der Waals surface area contributed by atoms with Crippen molar-refractivity contribution in [3.8, 4) is 5.75 Å². The Balaban J connectivity index is 1.57. The molecule has 0 bridgehead atoms. The molecule has 0 saturated heterocycles. The third-order valence-electron chi connectivity index (χ3n) is 3.87. The van der Waals surface area contributed by atoms with Crippen molar-refractivity contribution in [3.05, 3.63) is 77.7 Å². The van der Waals surface area contributed by atoms with Crippen molar-refractivity contribution in [2.75, 3.05) is 17.2 Å². The maximum absolute atomic E-state index is 12.1. The molecule has 2 aromatic carbocycles. The van der Waals surface area contributed by atoms with Crippen molar-refractivity contribution >= 4 is 23.2 Å². The molecule has 0 atom stereocenters. The lowest BCUT2D eigenvalue weighted by Gasteiger charge is -2.11. The second-order valence-corrected chi connectivity index (χ2v) is 6.11. The molecule has 3 aromatic rings. The number of anilines is 2. The van der Waals surface area contributed by atoms with E-state index in [0.717, 1.165) is 16.8 Å². The third kappa shape index (κ3) is 4.98. The largest absolute Gasteiger partial charge is 0.484 e. The molecule has 2 N–H and O–H groups in total. The minimum Gasteiger partial charge on any atom is -0.484 e. The summed E-state index contributed by atoms with van der Waals surface area (Å²) >= 11 is 0. The molecule has 0 unspecified atom stereocenters. The van der Waals surface area contributed by atoms with E-state index >= 15 is 0 Å². The second-order valence-electron chi connectivity index (χ2n) is 6.11. The van der Waals surface area contributed by atoms with Gasteiger partial charge in [0, 0.05) is 17.4 Å². The lowest BCUT2D eigenvalue weighted by atomic mass is 10.1. The van der Waals surface area contributed by atoms with Crippen LogP contribution >= 0.6 is 0 Å². The number of carbonyl (C=O) groups excluding carboxylic acids is 2. The van der Waals surface area contributed by atoms with Crippen molar-refractivity contribution in [2.24, 2.45) is 0 Å². The fourth-order valence-electron chi connectivity index (χ4n) is 2.47. The van der Waals surface area contributed by atoms with Crippen LogP contribution in [0.4, 0.5) is 11.4 Å². The zero-order chi connectivity index (χ0) is 19.2. The summed E-state index contributed by atoms with van der Waals surface area (Å²) in [4.78, 5) is 24.2. The number of carbonyl (C=O) groups is 2. The minimum absolute atomic E-state index is 0.136. The number of aryl methyl sites for hydroxylation is 2. The standard InChI is InChI=1S/C21H20N2O4/c1-14-8-9-15(2)18(11-14)23-20(24)13-27-17-6-3-5-16(12-17)22-21(25)19-7-4-10-26-19/h3-12H,13H2,1-2H3,(H,22,25)(H,23,24). The Morgan fingerprint density at radius 1 is 1.00 bits per heavy atom. The molecule has 6 heteroatoms. The number of benzene rings is 2. The zero-order valence-corrected chi connectivity index (χ0v) is 15.1. The lowest BCUT2D eigenvalue weighted by Crippen LogP contribution is -2.20. The van der Waals surface area contributed by atoms with Crippen molar-refractivity contribution in [2.45, 2.75) is 13.8 Å². The van der Waals surface area contributed by atoms with Gasteiger partial charge in [0.15, 0.2) is 12.4 Å². The van der Waals surface area contributed by atoms with Gasteiger partial charge in [-0.1, -0.05) is 18.2 Å². The molecular weight excluding hydrogens is 344 g/mol. The van der Waals surface area contributed by atoms with Crippen molar-refractivity contribution in [1.82, 2.24) is 0 Å². The van der Waals surface area contributed by atoms with E-state index < -0.39 is 0 Å². The van der Waals surface area contributed by atoms with Crippen LogP contribution in [0.3, 0.4) is 0 Å². The van der Waals surface area contributed by atoms with Gasteiger partial charge in [0.2, 0.25) is 0 Å². The first-order valence-corrected chi connectivity index (χ1v) is 8.46. The quantitative estimate of drug-likeness (QED) is 0.688. The number of hydrogen-bond donors (Lipinski definition) is 2. The number of amides is 2. The van der Waals surface area contributed by atoms with Gasteiger partial charge < -0.3 is 19.8 Å². The summed E-state index contributed by atoms with van der Waals surface area (Å²) in [5.41, 5.74) is 3.36. The summed E-state index contributed by atoms with van der Waals surface area (Å²) in [6, 6.07) is 15.9. The van der Waals surface area contributed by atoms with Crippen LogP contribution in [0.25, 0.3) is 0 Å². The Morgan fingerprint density at radius 3 is 2.63 bits per heavy atom. The van der Waals surface area contributed by atoms with Gasteiger partial charge in [-0.25, -0.2) is 0 Å². The lowest BCUT2D eigenvalue weighted by molar-refractivity contribution is -0.118.